The van der Waals surface area contributed by atoms with Crippen molar-refractivity contribution in [1.82, 2.24) is 14.5 Å². The van der Waals surface area contributed by atoms with Gasteiger partial charge in [0, 0.05) is 28.6 Å². The van der Waals surface area contributed by atoms with E-state index in [-0.39, 0.29) is 17.1 Å². The summed E-state index contributed by atoms with van der Waals surface area (Å²) in [6, 6.07) is 16.4. The lowest BCUT2D eigenvalue weighted by molar-refractivity contribution is 0.102. The van der Waals surface area contributed by atoms with Gasteiger partial charge in [-0.1, -0.05) is 48.5 Å². The molecule has 5 rings (SSSR count). The minimum absolute atomic E-state index is 0.0312. The molecule has 4 aromatic rings. The van der Waals surface area contributed by atoms with Crippen molar-refractivity contribution >= 4 is 50.7 Å². The third-order valence-electron chi connectivity index (χ3n) is 5.98. The number of aromatic nitrogens is 2. The Kier molecular flexibility index (Phi) is 6.88. The van der Waals surface area contributed by atoms with Crippen LogP contribution in [0.2, 0.25) is 5.02 Å². The molecule has 0 aliphatic carbocycles. The summed E-state index contributed by atoms with van der Waals surface area (Å²) in [5.74, 6) is 0.151. The predicted molar refractivity (Wildman–Crippen MR) is 141 cm³/mol. The molecular formula is C26H24ClN3O2S2. The van der Waals surface area contributed by atoms with Crippen molar-refractivity contribution in [2.45, 2.75) is 31.5 Å². The van der Waals surface area contributed by atoms with Crippen LogP contribution in [0.5, 0.6) is 0 Å². The number of rotatable bonds is 7. The van der Waals surface area contributed by atoms with E-state index in [1.807, 2.05) is 30.3 Å². The molecule has 0 spiro atoms. The van der Waals surface area contributed by atoms with E-state index in [4.69, 9.17) is 16.6 Å². The Morgan fingerprint density at radius 2 is 1.91 bits per heavy atom. The minimum Gasteiger partial charge on any atom is -0.298 e. The molecule has 1 aliphatic rings. The fourth-order valence-electron chi connectivity index (χ4n) is 4.33. The summed E-state index contributed by atoms with van der Waals surface area (Å²) in [7, 11) is 0. The molecule has 0 radical (unpaired) electrons. The van der Waals surface area contributed by atoms with Gasteiger partial charge >= 0.3 is 0 Å². The second kappa shape index (κ2) is 10.0. The van der Waals surface area contributed by atoms with Crippen molar-refractivity contribution in [3.63, 3.8) is 0 Å². The molecule has 174 valence electrons. The van der Waals surface area contributed by atoms with Gasteiger partial charge in [0.1, 0.15) is 4.83 Å². The fraction of sp³-hybridized carbons (Fsp3) is 0.269. The fourth-order valence-corrected chi connectivity index (χ4v) is 6.67. The van der Waals surface area contributed by atoms with Gasteiger partial charge in [-0.05, 0) is 61.3 Å². The predicted octanol–water partition coefficient (Wildman–Crippen LogP) is 5.84. The number of thioether (sulfide) groups is 1. The van der Waals surface area contributed by atoms with E-state index in [0.717, 1.165) is 53.9 Å². The largest absolute Gasteiger partial charge is 0.298 e. The van der Waals surface area contributed by atoms with Crippen LogP contribution in [-0.4, -0.2) is 39.1 Å². The molecule has 2 aromatic heterocycles. The molecule has 0 saturated heterocycles. The maximum absolute atomic E-state index is 13.8. The van der Waals surface area contributed by atoms with E-state index in [1.54, 1.807) is 40.2 Å². The molecule has 0 saturated carbocycles. The lowest BCUT2D eigenvalue weighted by Crippen LogP contribution is -2.31. The number of benzene rings is 2. The summed E-state index contributed by atoms with van der Waals surface area (Å²) >= 11 is 8.87. The highest BCUT2D eigenvalue weighted by atomic mass is 35.5. The highest BCUT2D eigenvalue weighted by Crippen LogP contribution is 2.34. The zero-order valence-corrected chi connectivity index (χ0v) is 21.2. The van der Waals surface area contributed by atoms with Crippen molar-refractivity contribution in [2.75, 3.05) is 18.8 Å². The quantitative estimate of drug-likeness (QED) is 0.178. The number of halogens is 1. The van der Waals surface area contributed by atoms with E-state index in [9.17, 15) is 9.59 Å². The number of Topliss-reactive ketones (excluding diaryl/α,β-unsaturated/α-hetero) is 1. The molecule has 0 atom stereocenters. The Hall–Kier alpha value is -2.45. The monoisotopic (exact) mass is 509 g/mol. The Morgan fingerprint density at radius 1 is 1.15 bits per heavy atom. The molecule has 0 amide bonds. The van der Waals surface area contributed by atoms with Gasteiger partial charge in [-0.15, -0.1) is 11.3 Å². The number of nitrogens with zero attached hydrogens (tertiary/aromatic N) is 3. The highest BCUT2D eigenvalue weighted by Gasteiger charge is 2.25. The van der Waals surface area contributed by atoms with E-state index in [1.165, 1.54) is 16.6 Å². The van der Waals surface area contributed by atoms with E-state index >= 15 is 0 Å². The molecule has 0 unspecified atom stereocenters. The van der Waals surface area contributed by atoms with Crippen LogP contribution in [0.4, 0.5) is 0 Å². The summed E-state index contributed by atoms with van der Waals surface area (Å²) in [5, 5.41) is 1.86. The zero-order valence-electron chi connectivity index (χ0n) is 18.8. The summed E-state index contributed by atoms with van der Waals surface area (Å²) in [5.41, 5.74) is 2.43. The van der Waals surface area contributed by atoms with Gasteiger partial charge in [0.15, 0.2) is 10.9 Å². The standard InChI is InChI=1S/C26H24ClN3O2S2/c1-2-13-29-14-12-20-22(15-29)34-24-23(20)25(32)30(19-6-4-3-5-7-19)26(28-24)33-16-21(31)17-8-10-18(27)11-9-17/h3-11H,2,12-16H2,1H3. The molecule has 0 fully saturated rings. The van der Waals surface area contributed by atoms with Crippen molar-refractivity contribution in [1.29, 1.82) is 0 Å². The first-order valence-corrected chi connectivity index (χ1v) is 13.5. The third-order valence-corrected chi connectivity index (χ3v) is 8.28. The Morgan fingerprint density at radius 3 is 2.65 bits per heavy atom. The van der Waals surface area contributed by atoms with Crippen LogP contribution in [0.1, 0.15) is 34.1 Å². The van der Waals surface area contributed by atoms with Crippen LogP contribution < -0.4 is 5.56 Å². The number of hydrogen-bond donors (Lipinski definition) is 0. The number of fused-ring (bicyclic) bond motifs is 3. The highest BCUT2D eigenvalue weighted by molar-refractivity contribution is 7.99. The number of ketones is 1. The van der Waals surface area contributed by atoms with Gasteiger partial charge in [0.2, 0.25) is 0 Å². The minimum atomic E-state index is -0.0564. The van der Waals surface area contributed by atoms with Crippen molar-refractivity contribution in [3.8, 4) is 5.69 Å². The van der Waals surface area contributed by atoms with E-state index < -0.39 is 0 Å². The second-order valence-corrected chi connectivity index (χ2v) is 10.8. The summed E-state index contributed by atoms with van der Waals surface area (Å²) in [4.78, 5) is 36.0. The van der Waals surface area contributed by atoms with Crippen molar-refractivity contribution in [3.05, 3.63) is 86.0 Å². The lowest BCUT2D eigenvalue weighted by atomic mass is 10.1. The molecule has 2 aromatic carbocycles. The molecular weight excluding hydrogens is 486 g/mol. The maximum atomic E-state index is 13.8. The SMILES string of the molecule is CCCN1CCc2c(sc3nc(SCC(=O)c4ccc(Cl)cc4)n(-c4ccccc4)c(=O)c23)C1. The summed E-state index contributed by atoms with van der Waals surface area (Å²) in [6.07, 6.45) is 1.98. The van der Waals surface area contributed by atoms with Crippen LogP contribution in [0.25, 0.3) is 15.9 Å². The first kappa shape index (κ1) is 23.3. The van der Waals surface area contributed by atoms with Gasteiger partial charge in [-0.2, -0.15) is 0 Å². The van der Waals surface area contributed by atoms with Crippen LogP contribution in [-0.2, 0) is 13.0 Å². The van der Waals surface area contributed by atoms with Gasteiger partial charge < -0.3 is 0 Å². The van der Waals surface area contributed by atoms with Gasteiger partial charge in [-0.3, -0.25) is 19.1 Å². The zero-order chi connectivity index (χ0) is 23.7. The topological polar surface area (TPSA) is 55.2 Å². The van der Waals surface area contributed by atoms with Gasteiger partial charge in [-0.25, -0.2) is 4.98 Å². The van der Waals surface area contributed by atoms with Gasteiger partial charge in [0.05, 0.1) is 16.8 Å². The molecule has 0 bridgehead atoms. The smallest absolute Gasteiger partial charge is 0.267 e. The molecule has 1 aliphatic heterocycles. The maximum Gasteiger partial charge on any atom is 0.267 e. The number of carbonyl (C=O) groups is 1. The summed E-state index contributed by atoms with van der Waals surface area (Å²) in [6.45, 7) is 5.08. The first-order chi connectivity index (χ1) is 16.5. The molecule has 5 nitrogen and oxygen atoms in total. The number of para-hydroxylation sites is 1. The third kappa shape index (κ3) is 4.58. The number of thiophene rings is 1. The molecule has 8 heteroatoms. The average Bonchev–Trinajstić information content (AvgIpc) is 3.21. The Labute approximate surface area is 211 Å². The Balaban J connectivity index is 1.55. The van der Waals surface area contributed by atoms with Crippen LogP contribution >= 0.6 is 34.7 Å². The van der Waals surface area contributed by atoms with Crippen LogP contribution in [0, 0.1) is 0 Å². The van der Waals surface area contributed by atoms with Crippen LogP contribution in [0.15, 0.2) is 64.5 Å². The molecule has 34 heavy (non-hydrogen) atoms. The number of carbonyl (C=O) groups excluding carboxylic acids is 1. The van der Waals surface area contributed by atoms with Crippen LogP contribution in [0.3, 0.4) is 0 Å². The second-order valence-electron chi connectivity index (χ2n) is 8.30. The number of hydrogen-bond acceptors (Lipinski definition) is 6. The lowest BCUT2D eigenvalue weighted by Gasteiger charge is -2.26. The summed E-state index contributed by atoms with van der Waals surface area (Å²) < 4.78 is 1.66. The van der Waals surface area contributed by atoms with E-state index in [2.05, 4.69) is 11.8 Å². The molecule has 3 heterocycles. The Bertz CT molecular complexity index is 1400. The first-order valence-electron chi connectivity index (χ1n) is 11.3. The van der Waals surface area contributed by atoms with Crippen molar-refractivity contribution in [2.24, 2.45) is 0 Å². The normalized spacial score (nSPS) is 13.8. The van der Waals surface area contributed by atoms with Crippen molar-refractivity contribution < 1.29 is 4.79 Å². The van der Waals surface area contributed by atoms with Gasteiger partial charge in [0.25, 0.3) is 5.56 Å². The molecule has 0 N–H and O–H groups in total. The average molecular weight is 510 g/mol. The van der Waals surface area contributed by atoms with E-state index in [0.29, 0.717) is 15.7 Å².